The second-order valence-corrected chi connectivity index (χ2v) is 5.30. The summed E-state index contributed by atoms with van der Waals surface area (Å²) in [6.45, 7) is 5.85. The maximum Gasteiger partial charge on any atom is 0.276 e. The molecule has 3 rings (SSSR count). The van der Waals surface area contributed by atoms with Crippen LogP contribution < -0.4 is 5.32 Å². The molecule has 20 heavy (non-hydrogen) atoms. The Bertz CT molecular complexity index is 566. The monoisotopic (exact) mass is 275 g/mol. The van der Waals surface area contributed by atoms with Gasteiger partial charge in [0.1, 0.15) is 5.69 Å². The molecule has 0 radical (unpaired) electrons. The fraction of sp³-hybridized carbons (Fsp3) is 0.643. The van der Waals surface area contributed by atoms with E-state index in [1.54, 1.807) is 0 Å². The highest BCUT2D eigenvalue weighted by Gasteiger charge is 2.21. The average Bonchev–Trinajstić information content (AvgIpc) is 2.97. The van der Waals surface area contributed by atoms with Gasteiger partial charge in [-0.1, -0.05) is 18.0 Å². The van der Waals surface area contributed by atoms with Crippen molar-refractivity contribution >= 4 is 0 Å². The van der Waals surface area contributed by atoms with Crippen molar-refractivity contribution in [2.75, 3.05) is 6.54 Å². The lowest BCUT2D eigenvalue weighted by Gasteiger charge is -2.09. The van der Waals surface area contributed by atoms with Crippen LogP contribution in [0.1, 0.15) is 50.2 Å². The molecule has 2 aromatic rings. The third-order valence-corrected chi connectivity index (χ3v) is 3.73. The molecular weight excluding hydrogens is 254 g/mol. The first-order valence-corrected chi connectivity index (χ1v) is 7.39. The Morgan fingerprint density at radius 1 is 1.40 bits per heavy atom. The van der Waals surface area contributed by atoms with Gasteiger partial charge in [0, 0.05) is 6.54 Å². The smallest absolute Gasteiger partial charge is 0.276 e. The Morgan fingerprint density at radius 3 is 3.15 bits per heavy atom. The molecule has 0 aliphatic carbocycles. The number of nitrogens with one attached hydrogen (secondary N) is 1. The van der Waals surface area contributed by atoms with Crippen LogP contribution in [0, 0.1) is 6.92 Å². The molecule has 1 fully saturated rings. The minimum Gasteiger partial charge on any atom is -0.332 e. The average molecular weight is 275 g/mol. The van der Waals surface area contributed by atoms with Crippen LogP contribution in [-0.2, 0) is 6.54 Å². The third-order valence-electron chi connectivity index (χ3n) is 3.73. The van der Waals surface area contributed by atoms with Gasteiger partial charge in [0.25, 0.3) is 5.89 Å². The maximum atomic E-state index is 5.44. The van der Waals surface area contributed by atoms with Gasteiger partial charge in [0.05, 0.1) is 11.7 Å². The summed E-state index contributed by atoms with van der Waals surface area (Å²) in [6.07, 6.45) is 4.79. The van der Waals surface area contributed by atoms with Gasteiger partial charge < -0.3 is 9.84 Å². The molecule has 1 saturated heterocycles. The van der Waals surface area contributed by atoms with E-state index in [9.17, 15) is 0 Å². The Balaban J connectivity index is 1.85. The number of rotatable bonds is 3. The number of aryl methyl sites for hydroxylation is 2. The van der Waals surface area contributed by atoms with Crippen molar-refractivity contribution < 1.29 is 4.52 Å². The van der Waals surface area contributed by atoms with Gasteiger partial charge >= 0.3 is 0 Å². The van der Waals surface area contributed by atoms with Gasteiger partial charge in [-0.3, -0.25) is 4.68 Å². The predicted molar refractivity (Wildman–Crippen MR) is 75.1 cm³/mol. The lowest BCUT2D eigenvalue weighted by molar-refractivity contribution is 0.399. The van der Waals surface area contributed by atoms with E-state index in [2.05, 4.69) is 27.5 Å². The highest BCUT2D eigenvalue weighted by molar-refractivity contribution is 5.47. The van der Waals surface area contributed by atoms with Crippen molar-refractivity contribution in [1.29, 1.82) is 0 Å². The molecule has 6 heteroatoms. The topological polar surface area (TPSA) is 68.8 Å². The number of aromatic nitrogens is 4. The zero-order chi connectivity index (χ0) is 13.9. The first-order valence-electron chi connectivity index (χ1n) is 7.39. The van der Waals surface area contributed by atoms with E-state index in [1.165, 1.54) is 19.3 Å². The van der Waals surface area contributed by atoms with Crippen LogP contribution in [0.4, 0.5) is 0 Å². The van der Waals surface area contributed by atoms with Gasteiger partial charge in [0.2, 0.25) is 0 Å². The molecule has 0 bridgehead atoms. The predicted octanol–water partition coefficient (Wildman–Crippen LogP) is 2.47. The largest absolute Gasteiger partial charge is 0.332 e. The molecule has 1 unspecified atom stereocenters. The minimum atomic E-state index is 0.217. The molecule has 1 N–H and O–H groups in total. The van der Waals surface area contributed by atoms with E-state index in [4.69, 9.17) is 4.52 Å². The molecule has 0 saturated carbocycles. The molecule has 0 spiro atoms. The lowest BCUT2D eigenvalue weighted by Crippen LogP contribution is -2.21. The zero-order valence-electron chi connectivity index (χ0n) is 12.1. The summed E-state index contributed by atoms with van der Waals surface area (Å²) in [5.74, 6) is 1.33. The normalized spacial score (nSPS) is 20.0. The SMILES string of the molecule is CCn1nc(C)cc1-c1nc(C2CCCCCN2)no1. The van der Waals surface area contributed by atoms with Gasteiger partial charge in [-0.25, -0.2) is 0 Å². The highest BCUT2D eigenvalue weighted by Crippen LogP contribution is 2.24. The molecule has 3 heterocycles. The Kier molecular flexibility index (Phi) is 3.82. The lowest BCUT2D eigenvalue weighted by atomic mass is 10.1. The van der Waals surface area contributed by atoms with Crippen molar-refractivity contribution in [1.82, 2.24) is 25.2 Å². The summed E-state index contributed by atoms with van der Waals surface area (Å²) in [7, 11) is 0. The van der Waals surface area contributed by atoms with E-state index >= 15 is 0 Å². The summed E-state index contributed by atoms with van der Waals surface area (Å²) in [5.41, 5.74) is 1.87. The summed E-state index contributed by atoms with van der Waals surface area (Å²) in [4.78, 5) is 4.57. The van der Waals surface area contributed by atoms with Crippen LogP contribution in [0.5, 0.6) is 0 Å². The van der Waals surface area contributed by atoms with Crippen LogP contribution in [-0.4, -0.2) is 26.5 Å². The second kappa shape index (κ2) is 5.75. The van der Waals surface area contributed by atoms with Crippen LogP contribution in [0.15, 0.2) is 10.6 Å². The molecule has 108 valence electrons. The van der Waals surface area contributed by atoms with Gasteiger partial charge in [0.15, 0.2) is 5.82 Å². The fourth-order valence-corrected chi connectivity index (χ4v) is 2.69. The van der Waals surface area contributed by atoms with Crippen LogP contribution >= 0.6 is 0 Å². The first kappa shape index (κ1) is 13.3. The Morgan fingerprint density at radius 2 is 2.30 bits per heavy atom. The Hall–Kier alpha value is -1.69. The van der Waals surface area contributed by atoms with Gasteiger partial charge in [-0.2, -0.15) is 10.1 Å². The second-order valence-electron chi connectivity index (χ2n) is 5.30. The van der Waals surface area contributed by atoms with Crippen molar-refractivity contribution in [2.24, 2.45) is 0 Å². The van der Waals surface area contributed by atoms with Crippen molar-refractivity contribution in [3.05, 3.63) is 17.6 Å². The zero-order valence-corrected chi connectivity index (χ0v) is 12.1. The summed E-state index contributed by atoms with van der Waals surface area (Å²) in [5, 5.41) is 12.1. The minimum absolute atomic E-state index is 0.217. The summed E-state index contributed by atoms with van der Waals surface area (Å²) >= 11 is 0. The molecule has 1 aliphatic rings. The standard InChI is InChI=1S/C14H21N5O/c1-3-19-12(9-10(2)17-19)14-16-13(18-20-14)11-7-5-4-6-8-15-11/h9,11,15H,3-8H2,1-2H3. The number of nitrogens with zero attached hydrogens (tertiary/aromatic N) is 4. The van der Waals surface area contributed by atoms with E-state index in [1.807, 2.05) is 17.7 Å². The molecular formula is C14H21N5O. The van der Waals surface area contributed by atoms with Crippen molar-refractivity contribution in [2.45, 2.75) is 52.1 Å². The summed E-state index contributed by atoms with van der Waals surface area (Å²) in [6, 6.07) is 2.20. The summed E-state index contributed by atoms with van der Waals surface area (Å²) < 4.78 is 7.33. The van der Waals surface area contributed by atoms with E-state index in [0.717, 1.165) is 36.7 Å². The highest BCUT2D eigenvalue weighted by atomic mass is 16.5. The maximum absolute atomic E-state index is 5.44. The fourth-order valence-electron chi connectivity index (χ4n) is 2.69. The molecule has 0 aromatic carbocycles. The molecule has 1 atom stereocenters. The van der Waals surface area contributed by atoms with Crippen molar-refractivity contribution in [3.8, 4) is 11.6 Å². The molecule has 0 amide bonds. The number of hydrogen-bond donors (Lipinski definition) is 1. The first-order chi connectivity index (χ1) is 9.78. The van der Waals surface area contributed by atoms with Crippen molar-refractivity contribution in [3.63, 3.8) is 0 Å². The Labute approximate surface area is 118 Å². The quantitative estimate of drug-likeness (QED) is 0.932. The van der Waals surface area contributed by atoms with E-state index in [0.29, 0.717) is 5.89 Å². The van der Waals surface area contributed by atoms with Crippen LogP contribution in [0.25, 0.3) is 11.6 Å². The molecule has 2 aromatic heterocycles. The van der Waals surface area contributed by atoms with Gasteiger partial charge in [-0.15, -0.1) is 0 Å². The third kappa shape index (κ3) is 2.60. The number of hydrogen-bond acceptors (Lipinski definition) is 5. The van der Waals surface area contributed by atoms with Crippen LogP contribution in [0.3, 0.4) is 0 Å². The van der Waals surface area contributed by atoms with Gasteiger partial charge in [-0.05, 0) is 39.3 Å². The van der Waals surface area contributed by atoms with E-state index < -0.39 is 0 Å². The van der Waals surface area contributed by atoms with Crippen LogP contribution in [0.2, 0.25) is 0 Å². The molecule has 6 nitrogen and oxygen atoms in total. The molecule has 1 aliphatic heterocycles. The van der Waals surface area contributed by atoms with E-state index in [-0.39, 0.29) is 6.04 Å².